The van der Waals surface area contributed by atoms with Gasteiger partial charge in [0.2, 0.25) is 4.90 Å². The second kappa shape index (κ2) is 7.24. The van der Waals surface area contributed by atoms with Crippen LogP contribution in [0.2, 0.25) is 0 Å². The molecule has 0 saturated carbocycles. The minimum absolute atomic E-state index is 0.262. The van der Waals surface area contributed by atoms with Crippen molar-refractivity contribution in [2.75, 3.05) is 0 Å². The highest BCUT2D eigenvalue weighted by molar-refractivity contribution is 7.97. The Hall–Kier alpha value is -2.39. The highest BCUT2D eigenvalue weighted by Crippen LogP contribution is 2.42. The van der Waals surface area contributed by atoms with E-state index in [4.69, 9.17) is 4.74 Å². The number of aromatic hydroxyl groups is 1. The van der Waals surface area contributed by atoms with Crippen molar-refractivity contribution in [2.24, 2.45) is 0 Å². The van der Waals surface area contributed by atoms with Gasteiger partial charge in [-0.2, -0.15) is 0 Å². The van der Waals surface area contributed by atoms with Crippen LogP contribution in [0.3, 0.4) is 0 Å². The summed E-state index contributed by atoms with van der Waals surface area (Å²) in [5.41, 5.74) is -0.342. The zero-order valence-electron chi connectivity index (χ0n) is 14.8. The SMILES string of the molecule is CC(C)(C)Oc1cccc(O)c1[S+](c1ccccc1)c1ccccc1. The predicted molar refractivity (Wildman–Crippen MR) is 104 cm³/mol. The summed E-state index contributed by atoms with van der Waals surface area (Å²) in [6.07, 6.45) is 0. The lowest BCUT2D eigenvalue weighted by atomic mass is 10.2. The Bertz CT molecular complexity index is 784. The smallest absolute Gasteiger partial charge is 0.249 e. The standard InChI is InChI=1S/C22H22O2S/c1-22(2,3)24-20-16-10-15-19(23)21(20)25(17-11-6-4-7-12-17)18-13-8-5-9-14-18/h4-16H,1-3H3/p+1. The Labute approximate surface area is 152 Å². The molecule has 3 heteroatoms. The maximum atomic E-state index is 10.7. The third kappa shape index (κ3) is 4.18. The first-order valence-electron chi connectivity index (χ1n) is 8.31. The van der Waals surface area contributed by atoms with E-state index in [0.717, 1.165) is 20.4 Å². The molecule has 0 saturated heterocycles. The molecule has 0 aliphatic carbocycles. The van der Waals surface area contributed by atoms with Crippen LogP contribution in [-0.4, -0.2) is 10.7 Å². The summed E-state index contributed by atoms with van der Waals surface area (Å²) in [4.78, 5) is 3.12. The molecule has 0 atom stereocenters. The molecule has 0 aromatic heterocycles. The van der Waals surface area contributed by atoms with E-state index in [9.17, 15) is 5.11 Å². The van der Waals surface area contributed by atoms with Crippen molar-refractivity contribution in [1.29, 1.82) is 0 Å². The van der Waals surface area contributed by atoms with Gasteiger partial charge in [0.25, 0.3) is 0 Å². The Balaban J connectivity index is 2.21. The Morgan fingerprint density at radius 1 is 0.720 bits per heavy atom. The van der Waals surface area contributed by atoms with Crippen LogP contribution in [0.1, 0.15) is 20.8 Å². The Morgan fingerprint density at radius 2 is 1.24 bits per heavy atom. The van der Waals surface area contributed by atoms with Gasteiger partial charge in [0.15, 0.2) is 21.3 Å². The highest BCUT2D eigenvalue weighted by Gasteiger charge is 2.36. The van der Waals surface area contributed by atoms with Crippen LogP contribution in [0.4, 0.5) is 0 Å². The second-order valence-electron chi connectivity index (χ2n) is 6.75. The lowest BCUT2D eigenvalue weighted by molar-refractivity contribution is 0.126. The van der Waals surface area contributed by atoms with Crippen molar-refractivity contribution in [3.63, 3.8) is 0 Å². The number of hydrogen-bond donors (Lipinski definition) is 1. The number of phenols is 1. The van der Waals surface area contributed by atoms with Gasteiger partial charge in [0, 0.05) is 0 Å². The van der Waals surface area contributed by atoms with Gasteiger partial charge in [-0.25, -0.2) is 0 Å². The lowest BCUT2D eigenvalue weighted by Gasteiger charge is -2.23. The maximum absolute atomic E-state index is 10.7. The molecular formula is C22H23O2S+. The molecule has 0 spiro atoms. The lowest BCUT2D eigenvalue weighted by Crippen LogP contribution is -2.24. The normalized spacial score (nSPS) is 11.5. The maximum Gasteiger partial charge on any atom is 0.249 e. The third-order valence-electron chi connectivity index (χ3n) is 3.54. The van der Waals surface area contributed by atoms with Crippen molar-refractivity contribution >= 4 is 10.9 Å². The Kier molecular flexibility index (Phi) is 5.05. The molecule has 0 amide bonds. The molecule has 3 aromatic carbocycles. The fourth-order valence-electron chi connectivity index (χ4n) is 2.60. The number of benzene rings is 3. The monoisotopic (exact) mass is 351 g/mol. The molecule has 25 heavy (non-hydrogen) atoms. The fraction of sp³-hybridized carbons (Fsp3) is 0.182. The number of rotatable bonds is 4. The highest BCUT2D eigenvalue weighted by atomic mass is 32.2. The van der Waals surface area contributed by atoms with Crippen molar-refractivity contribution in [2.45, 2.75) is 41.1 Å². The summed E-state index contributed by atoms with van der Waals surface area (Å²) in [5, 5.41) is 10.7. The van der Waals surface area contributed by atoms with Crippen LogP contribution in [-0.2, 0) is 10.9 Å². The summed E-state index contributed by atoms with van der Waals surface area (Å²) in [6, 6.07) is 26.0. The summed E-state index contributed by atoms with van der Waals surface area (Å²) in [5.74, 6) is 0.987. The van der Waals surface area contributed by atoms with E-state index < -0.39 is 10.9 Å². The van der Waals surface area contributed by atoms with Gasteiger partial charge in [-0.05, 0) is 57.2 Å². The van der Waals surface area contributed by atoms with Crippen molar-refractivity contribution in [3.05, 3.63) is 78.9 Å². The van der Waals surface area contributed by atoms with Crippen LogP contribution in [0.25, 0.3) is 0 Å². The van der Waals surface area contributed by atoms with Crippen LogP contribution in [0, 0.1) is 0 Å². The first-order valence-corrected chi connectivity index (χ1v) is 9.53. The van der Waals surface area contributed by atoms with Gasteiger partial charge < -0.3 is 9.84 Å². The topological polar surface area (TPSA) is 29.5 Å². The van der Waals surface area contributed by atoms with E-state index in [-0.39, 0.29) is 11.4 Å². The molecule has 0 aliphatic heterocycles. The molecule has 3 rings (SSSR count). The van der Waals surface area contributed by atoms with E-state index in [2.05, 4.69) is 24.3 Å². The van der Waals surface area contributed by atoms with Crippen LogP contribution in [0.15, 0.2) is 93.5 Å². The first-order chi connectivity index (χ1) is 12.0. The van der Waals surface area contributed by atoms with Crippen molar-refractivity contribution < 1.29 is 9.84 Å². The zero-order chi connectivity index (χ0) is 17.9. The average molecular weight is 351 g/mol. The number of phenolic OH excluding ortho intramolecular Hbond substituents is 1. The molecule has 2 nitrogen and oxygen atoms in total. The van der Waals surface area contributed by atoms with Crippen LogP contribution >= 0.6 is 0 Å². The zero-order valence-corrected chi connectivity index (χ0v) is 15.6. The van der Waals surface area contributed by atoms with Crippen LogP contribution in [0.5, 0.6) is 11.5 Å². The number of hydrogen-bond acceptors (Lipinski definition) is 2. The van der Waals surface area contributed by atoms with Gasteiger partial charge in [0.05, 0.1) is 0 Å². The minimum Gasteiger partial charge on any atom is -0.503 e. The van der Waals surface area contributed by atoms with E-state index in [1.165, 1.54) is 0 Å². The van der Waals surface area contributed by atoms with E-state index >= 15 is 0 Å². The molecule has 0 bridgehead atoms. The quantitative estimate of drug-likeness (QED) is 0.614. The van der Waals surface area contributed by atoms with Gasteiger partial charge in [-0.3, -0.25) is 0 Å². The van der Waals surface area contributed by atoms with E-state index in [1.54, 1.807) is 6.07 Å². The molecule has 0 radical (unpaired) electrons. The summed E-state index contributed by atoms with van der Waals surface area (Å²) in [6.45, 7) is 6.05. The largest absolute Gasteiger partial charge is 0.503 e. The molecule has 0 heterocycles. The first kappa shape index (κ1) is 17.4. The summed E-state index contributed by atoms with van der Waals surface area (Å²) in [7, 11) is -0.447. The molecule has 128 valence electrons. The number of ether oxygens (including phenoxy) is 1. The predicted octanol–water partition coefficient (Wildman–Crippen LogP) is 5.66. The fourth-order valence-corrected chi connectivity index (χ4v) is 4.79. The molecule has 0 fully saturated rings. The van der Waals surface area contributed by atoms with E-state index in [0.29, 0.717) is 0 Å². The van der Waals surface area contributed by atoms with E-state index in [1.807, 2.05) is 69.3 Å². The molecular weight excluding hydrogens is 328 g/mol. The molecule has 1 N–H and O–H groups in total. The van der Waals surface area contributed by atoms with Gasteiger partial charge >= 0.3 is 0 Å². The third-order valence-corrected chi connectivity index (χ3v) is 5.84. The molecule has 0 aliphatic rings. The Morgan fingerprint density at radius 3 is 1.72 bits per heavy atom. The summed E-state index contributed by atoms with van der Waals surface area (Å²) < 4.78 is 6.18. The van der Waals surface area contributed by atoms with Crippen LogP contribution < -0.4 is 4.74 Å². The molecule has 3 aromatic rings. The van der Waals surface area contributed by atoms with Gasteiger partial charge in [-0.1, -0.05) is 42.5 Å². The summed E-state index contributed by atoms with van der Waals surface area (Å²) >= 11 is 0. The van der Waals surface area contributed by atoms with Crippen molar-refractivity contribution in [1.82, 2.24) is 0 Å². The second-order valence-corrected chi connectivity index (χ2v) is 8.71. The van der Waals surface area contributed by atoms with Gasteiger partial charge in [0.1, 0.15) is 16.5 Å². The van der Waals surface area contributed by atoms with Crippen molar-refractivity contribution in [3.8, 4) is 11.5 Å². The van der Waals surface area contributed by atoms with Gasteiger partial charge in [-0.15, -0.1) is 0 Å². The molecule has 0 unspecified atom stereocenters. The minimum atomic E-state index is -0.447. The average Bonchev–Trinajstić information content (AvgIpc) is 2.58.